The van der Waals surface area contributed by atoms with Crippen LogP contribution in [0.15, 0.2) is 53.3 Å². The molecule has 0 radical (unpaired) electrons. The summed E-state index contributed by atoms with van der Waals surface area (Å²) in [6.07, 6.45) is 0. The fourth-order valence-electron chi connectivity index (χ4n) is 4.31. The molecule has 1 fully saturated rings. The van der Waals surface area contributed by atoms with Gasteiger partial charge < -0.3 is 24.9 Å². The first-order chi connectivity index (χ1) is 17.6. The van der Waals surface area contributed by atoms with Crippen molar-refractivity contribution in [3.8, 4) is 17.1 Å². The highest BCUT2D eigenvalue weighted by Crippen LogP contribution is 2.23. The van der Waals surface area contributed by atoms with Crippen molar-refractivity contribution < 1.29 is 14.2 Å². The summed E-state index contributed by atoms with van der Waals surface area (Å²) in [5, 5.41) is 0. The van der Waals surface area contributed by atoms with Crippen molar-refractivity contribution in [2.24, 2.45) is 0 Å². The minimum absolute atomic E-state index is 0.108. The van der Waals surface area contributed by atoms with Gasteiger partial charge in [-0.05, 0) is 28.3 Å². The molecule has 1 aliphatic rings. The Morgan fingerprint density at radius 1 is 1.00 bits per heavy atom. The first-order valence-electron chi connectivity index (χ1n) is 12.0. The Balaban J connectivity index is 1.34. The maximum atomic E-state index is 12.7. The van der Waals surface area contributed by atoms with E-state index in [9.17, 15) is 4.79 Å². The molecular weight excluding hydrogens is 460 g/mol. The molecule has 10 heteroatoms. The number of benzene rings is 2. The summed E-state index contributed by atoms with van der Waals surface area (Å²) in [5.74, 6) is 0.163. The van der Waals surface area contributed by atoms with Crippen molar-refractivity contribution in [2.45, 2.75) is 13.1 Å². The molecule has 2 aromatic heterocycles. The van der Waals surface area contributed by atoms with Gasteiger partial charge in [0.25, 0.3) is 0 Å². The maximum Gasteiger partial charge on any atom is 0.328 e. The molecule has 4 aromatic rings. The third-order valence-corrected chi connectivity index (χ3v) is 6.21. The first-order valence-corrected chi connectivity index (χ1v) is 12.0. The van der Waals surface area contributed by atoms with E-state index in [4.69, 9.17) is 19.9 Å². The van der Waals surface area contributed by atoms with Crippen LogP contribution in [0.1, 0.15) is 11.1 Å². The fourth-order valence-corrected chi connectivity index (χ4v) is 4.31. The molecule has 3 N–H and O–H groups in total. The van der Waals surface area contributed by atoms with E-state index < -0.39 is 0 Å². The molecule has 5 rings (SSSR count). The average molecular weight is 491 g/mol. The summed E-state index contributed by atoms with van der Waals surface area (Å²) < 4.78 is 17.5. The SMILES string of the molecule is COCCOc1nc(N)c2[nH]c(=O)n(Cc3ccc(-c4cccc(CN5CCOCC5)c4)cc3)c2n1. The predicted octanol–water partition coefficient (Wildman–Crippen LogP) is 2.27. The minimum atomic E-state index is -0.306. The number of imidazole rings is 1. The molecule has 0 atom stereocenters. The summed E-state index contributed by atoms with van der Waals surface area (Å²) in [7, 11) is 1.58. The van der Waals surface area contributed by atoms with Gasteiger partial charge in [0.2, 0.25) is 0 Å². The number of morpholine rings is 1. The number of nitrogens with one attached hydrogen (secondary N) is 1. The number of aromatic amines is 1. The van der Waals surface area contributed by atoms with E-state index in [1.807, 2.05) is 12.1 Å². The summed E-state index contributed by atoms with van der Waals surface area (Å²) in [5.41, 5.74) is 11.1. The van der Waals surface area contributed by atoms with Gasteiger partial charge in [-0.2, -0.15) is 9.97 Å². The zero-order chi connectivity index (χ0) is 24.9. The van der Waals surface area contributed by atoms with Crippen LogP contribution >= 0.6 is 0 Å². The van der Waals surface area contributed by atoms with Crippen LogP contribution in [0.5, 0.6) is 6.01 Å². The molecule has 0 spiro atoms. The van der Waals surface area contributed by atoms with Gasteiger partial charge in [0, 0.05) is 26.7 Å². The largest absolute Gasteiger partial charge is 0.461 e. The normalized spacial score (nSPS) is 14.4. The zero-order valence-corrected chi connectivity index (χ0v) is 20.3. The maximum absolute atomic E-state index is 12.7. The van der Waals surface area contributed by atoms with Gasteiger partial charge in [-0.1, -0.05) is 42.5 Å². The molecule has 0 unspecified atom stereocenters. The van der Waals surface area contributed by atoms with Crippen LogP contribution in [-0.4, -0.2) is 71.0 Å². The van der Waals surface area contributed by atoms with Gasteiger partial charge in [-0.3, -0.25) is 9.47 Å². The average Bonchev–Trinajstić information content (AvgIpc) is 3.21. The standard InChI is InChI=1S/C26H30N6O4/c1-34-13-14-36-25-29-23(27)22-24(30-25)32(26(33)28-22)17-18-5-7-20(8-6-18)21-4-2-3-19(15-21)16-31-9-11-35-12-10-31/h2-8,15H,9-14,16-17H2,1H3,(H,28,33)(H2,27,29,30). The van der Waals surface area contributed by atoms with Gasteiger partial charge in [0.1, 0.15) is 12.1 Å². The Bertz CT molecular complexity index is 1380. The van der Waals surface area contributed by atoms with Crippen LogP contribution in [-0.2, 0) is 22.6 Å². The molecule has 0 saturated carbocycles. The molecule has 188 valence electrons. The molecular formula is C26H30N6O4. The number of methoxy groups -OCH3 is 1. The highest BCUT2D eigenvalue weighted by atomic mass is 16.5. The van der Waals surface area contributed by atoms with Crippen LogP contribution in [0.2, 0.25) is 0 Å². The smallest absolute Gasteiger partial charge is 0.328 e. The molecule has 36 heavy (non-hydrogen) atoms. The second-order valence-electron chi connectivity index (χ2n) is 8.73. The number of hydrogen-bond donors (Lipinski definition) is 2. The van der Waals surface area contributed by atoms with Crippen LogP contribution in [0.3, 0.4) is 0 Å². The number of nitrogen functional groups attached to an aromatic ring is 1. The summed E-state index contributed by atoms with van der Waals surface area (Å²) in [4.78, 5) is 26.4. The number of hydrogen-bond acceptors (Lipinski definition) is 8. The molecule has 0 bridgehead atoms. The summed E-state index contributed by atoms with van der Waals surface area (Å²) >= 11 is 0. The van der Waals surface area contributed by atoms with Crippen molar-refractivity contribution in [2.75, 3.05) is 52.4 Å². The topological polar surface area (TPSA) is 121 Å². The molecule has 0 aliphatic carbocycles. The van der Waals surface area contributed by atoms with Crippen molar-refractivity contribution in [3.05, 3.63) is 70.1 Å². The Morgan fingerprint density at radius 3 is 2.58 bits per heavy atom. The van der Waals surface area contributed by atoms with Crippen molar-refractivity contribution in [1.29, 1.82) is 0 Å². The number of aromatic nitrogens is 4. The second kappa shape index (κ2) is 10.9. The van der Waals surface area contributed by atoms with E-state index in [0.717, 1.165) is 49.5 Å². The van der Waals surface area contributed by atoms with Crippen LogP contribution in [0.4, 0.5) is 5.82 Å². The molecule has 10 nitrogen and oxygen atoms in total. The van der Waals surface area contributed by atoms with E-state index in [0.29, 0.717) is 24.3 Å². The first kappa shape index (κ1) is 24.0. The lowest BCUT2D eigenvalue weighted by molar-refractivity contribution is 0.0342. The van der Waals surface area contributed by atoms with Crippen LogP contribution < -0.4 is 16.2 Å². The third kappa shape index (κ3) is 5.40. The molecule has 1 aliphatic heterocycles. The van der Waals surface area contributed by atoms with Gasteiger partial charge in [0.05, 0.1) is 26.4 Å². The van der Waals surface area contributed by atoms with Crippen molar-refractivity contribution >= 4 is 17.0 Å². The van der Waals surface area contributed by atoms with E-state index in [1.54, 1.807) is 7.11 Å². The number of H-pyrrole nitrogens is 1. The third-order valence-electron chi connectivity index (χ3n) is 6.21. The minimum Gasteiger partial charge on any atom is -0.461 e. The highest BCUT2D eigenvalue weighted by molar-refractivity contribution is 5.82. The molecule has 0 amide bonds. The fraction of sp³-hybridized carbons (Fsp3) is 0.346. The van der Waals surface area contributed by atoms with E-state index in [1.165, 1.54) is 10.1 Å². The lowest BCUT2D eigenvalue weighted by atomic mass is 10.0. The Hall–Kier alpha value is -3.73. The molecule has 1 saturated heterocycles. The molecule has 3 heterocycles. The monoisotopic (exact) mass is 490 g/mol. The predicted molar refractivity (Wildman–Crippen MR) is 137 cm³/mol. The summed E-state index contributed by atoms with van der Waals surface area (Å²) in [6, 6.07) is 16.9. The van der Waals surface area contributed by atoms with E-state index >= 15 is 0 Å². The lowest BCUT2D eigenvalue weighted by Crippen LogP contribution is -2.35. The quantitative estimate of drug-likeness (QED) is 0.343. The van der Waals surface area contributed by atoms with Gasteiger partial charge in [-0.15, -0.1) is 0 Å². The van der Waals surface area contributed by atoms with E-state index in [2.05, 4.69) is 56.3 Å². The Labute approximate surface area is 208 Å². The van der Waals surface area contributed by atoms with Crippen molar-refractivity contribution in [3.63, 3.8) is 0 Å². The Morgan fingerprint density at radius 2 is 1.81 bits per heavy atom. The summed E-state index contributed by atoms with van der Waals surface area (Å²) in [6.45, 7) is 5.44. The number of ether oxygens (including phenoxy) is 3. The van der Waals surface area contributed by atoms with Gasteiger partial charge in [0.15, 0.2) is 11.5 Å². The van der Waals surface area contributed by atoms with Crippen molar-refractivity contribution in [1.82, 2.24) is 24.4 Å². The zero-order valence-electron chi connectivity index (χ0n) is 20.3. The van der Waals surface area contributed by atoms with Gasteiger partial charge >= 0.3 is 11.7 Å². The highest BCUT2D eigenvalue weighted by Gasteiger charge is 2.15. The number of nitrogens with two attached hydrogens (primary N) is 1. The second-order valence-corrected chi connectivity index (χ2v) is 8.73. The molecule has 2 aromatic carbocycles. The van der Waals surface area contributed by atoms with Gasteiger partial charge in [-0.25, -0.2) is 4.79 Å². The van der Waals surface area contributed by atoms with Crippen LogP contribution in [0, 0.1) is 0 Å². The number of fused-ring (bicyclic) bond motifs is 1. The number of rotatable bonds is 9. The lowest BCUT2D eigenvalue weighted by Gasteiger charge is -2.26. The Kier molecular flexibility index (Phi) is 7.26. The number of anilines is 1. The number of nitrogens with zero attached hydrogens (tertiary/aromatic N) is 4. The van der Waals surface area contributed by atoms with E-state index in [-0.39, 0.29) is 24.1 Å². The van der Waals surface area contributed by atoms with Crippen LogP contribution in [0.25, 0.3) is 22.3 Å².